The molecule has 0 unspecified atom stereocenters. The van der Waals surface area contributed by atoms with Gasteiger partial charge in [-0.25, -0.2) is 0 Å². The average Bonchev–Trinajstić information content (AvgIpc) is 2.68. The van der Waals surface area contributed by atoms with E-state index >= 15 is 0 Å². The van der Waals surface area contributed by atoms with Crippen LogP contribution in [-0.4, -0.2) is 29.6 Å². The predicted molar refractivity (Wildman–Crippen MR) is 127 cm³/mol. The van der Waals surface area contributed by atoms with E-state index in [0.717, 1.165) is 29.7 Å². The monoisotopic (exact) mass is 453 g/mol. The maximum absolute atomic E-state index is 10.8. The number of rotatable bonds is 17. The molecule has 3 heteroatoms. The van der Waals surface area contributed by atoms with Crippen molar-refractivity contribution in [3.8, 4) is 0 Å². The standard InChI is InChI=1S/C25H44BrNO/c1-4-6-8-10-12-14-18-27(19-15-13-11-9-7-5-2)21-25(28)23-16-17-24(26)22(3)20-23/h16-17,20,25,28H,4-15,18-19,21H2,1-3H3/t25-/m0/s1. The Hall–Kier alpha value is -0.380. The van der Waals surface area contributed by atoms with E-state index in [1.54, 1.807) is 0 Å². The van der Waals surface area contributed by atoms with Crippen LogP contribution in [0.4, 0.5) is 0 Å². The van der Waals surface area contributed by atoms with Crippen LogP contribution in [-0.2, 0) is 0 Å². The summed E-state index contributed by atoms with van der Waals surface area (Å²) >= 11 is 3.56. The van der Waals surface area contributed by atoms with E-state index in [0.29, 0.717) is 0 Å². The average molecular weight is 455 g/mol. The smallest absolute Gasteiger partial charge is 0.0917 e. The number of aliphatic hydroxyl groups is 1. The first-order chi connectivity index (χ1) is 13.6. The first-order valence-corrected chi connectivity index (χ1v) is 12.5. The summed E-state index contributed by atoms with van der Waals surface area (Å²) in [6.07, 6.45) is 15.5. The SMILES string of the molecule is CCCCCCCCN(CCCCCCCC)C[C@H](O)c1ccc(Br)c(C)c1. The summed E-state index contributed by atoms with van der Waals surface area (Å²) in [5.74, 6) is 0. The zero-order valence-electron chi connectivity index (χ0n) is 18.7. The maximum Gasteiger partial charge on any atom is 0.0917 e. The number of unbranched alkanes of at least 4 members (excludes halogenated alkanes) is 10. The minimum atomic E-state index is -0.396. The Morgan fingerprint density at radius 1 is 0.821 bits per heavy atom. The Labute approximate surface area is 183 Å². The van der Waals surface area contributed by atoms with Gasteiger partial charge in [-0.2, -0.15) is 0 Å². The first-order valence-electron chi connectivity index (χ1n) is 11.7. The van der Waals surface area contributed by atoms with E-state index in [1.807, 2.05) is 0 Å². The molecule has 1 aromatic rings. The molecule has 0 aliphatic carbocycles. The Balaban J connectivity index is 2.46. The molecular formula is C25H44BrNO. The van der Waals surface area contributed by atoms with Crippen LogP contribution < -0.4 is 0 Å². The van der Waals surface area contributed by atoms with Crippen molar-refractivity contribution >= 4 is 15.9 Å². The van der Waals surface area contributed by atoms with Gasteiger partial charge in [0.25, 0.3) is 0 Å². The number of nitrogens with zero attached hydrogens (tertiary/aromatic N) is 1. The second kappa shape index (κ2) is 16.4. The van der Waals surface area contributed by atoms with Crippen molar-refractivity contribution in [1.29, 1.82) is 0 Å². The van der Waals surface area contributed by atoms with E-state index in [4.69, 9.17) is 0 Å². The number of hydrogen-bond donors (Lipinski definition) is 1. The highest BCUT2D eigenvalue weighted by Crippen LogP contribution is 2.22. The van der Waals surface area contributed by atoms with Gasteiger partial charge >= 0.3 is 0 Å². The van der Waals surface area contributed by atoms with E-state index in [2.05, 4.69) is 59.8 Å². The van der Waals surface area contributed by atoms with Gasteiger partial charge in [-0.3, -0.25) is 0 Å². The molecule has 1 aromatic carbocycles. The van der Waals surface area contributed by atoms with Gasteiger partial charge in [0.05, 0.1) is 6.10 Å². The highest BCUT2D eigenvalue weighted by atomic mass is 79.9. The summed E-state index contributed by atoms with van der Waals surface area (Å²) in [7, 11) is 0. The lowest BCUT2D eigenvalue weighted by atomic mass is 10.1. The Bertz CT molecular complexity index is 489. The van der Waals surface area contributed by atoms with Crippen LogP contribution in [0.2, 0.25) is 0 Å². The molecule has 0 aromatic heterocycles. The summed E-state index contributed by atoms with van der Waals surface area (Å²) in [6.45, 7) is 9.62. The topological polar surface area (TPSA) is 23.5 Å². The minimum absolute atomic E-state index is 0.396. The van der Waals surface area contributed by atoms with Crippen LogP contribution in [0.3, 0.4) is 0 Å². The van der Waals surface area contributed by atoms with Gasteiger partial charge in [0.2, 0.25) is 0 Å². The largest absolute Gasteiger partial charge is 0.387 e. The minimum Gasteiger partial charge on any atom is -0.387 e. The van der Waals surface area contributed by atoms with E-state index in [1.165, 1.54) is 82.6 Å². The second-order valence-corrected chi connectivity index (χ2v) is 9.21. The third kappa shape index (κ3) is 11.6. The van der Waals surface area contributed by atoms with Crippen molar-refractivity contribution in [3.05, 3.63) is 33.8 Å². The molecule has 0 saturated heterocycles. The molecule has 0 fully saturated rings. The van der Waals surface area contributed by atoms with E-state index in [-0.39, 0.29) is 0 Å². The summed E-state index contributed by atoms with van der Waals surface area (Å²) in [5.41, 5.74) is 2.23. The maximum atomic E-state index is 10.8. The molecule has 1 atom stereocenters. The fourth-order valence-corrected chi connectivity index (χ4v) is 4.00. The van der Waals surface area contributed by atoms with Crippen LogP contribution in [0.1, 0.15) is 108 Å². The third-order valence-corrected chi connectivity index (χ3v) is 6.54. The van der Waals surface area contributed by atoms with Crippen molar-refractivity contribution in [1.82, 2.24) is 4.90 Å². The molecule has 0 spiro atoms. The highest BCUT2D eigenvalue weighted by molar-refractivity contribution is 9.10. The van der Waals surface area contributed by atoms with Gasteiger partial charge in [0.15, 0.2) is 0 Å². The molecule has 162 valence electrons. The fourth-order valence-electron chi connectivity index (χ4n) is 3.75. The molecule has 28 heavy (non-hydrogen) atoms. The lowest BCUT2D eigenvalue weighted by Gasteiger charge is -2.25. The lowest BCUT2D eigenvalue weighted by molar-refractivity contribution is 0.110. The molecule has 0 bridgehead atoms. The number of halogens is 1. The van der Waals surface area contributed by atoms with Crippen LogP contribution in [0.15, 0.2) is 22.7 Å². The normalized spacial score (nSPS) is 12.6. The van der Waals surface area contributed by atoms with Crippen LogP contribution >= 0.6 is 15.9 Å². The molecule has 0 saturated carbocycles. The Kier molecular flexibility index (Phi) is 15.0. The number of aryl methyl sites for hydroxylation is 1. The van der Waals surface area contributed by atoms with Crippen LogP contribution in [0, 0.1) is 6.92 Å². The first kappa shape index (κ1) is 25.7. The van der Waals surface area contributed by atoms with E-state index < -0.39 is 6.10 Å². The van der Waals surface area contributed by atoms with Crippen molar-refractivity contribution in [2.75, 3.05) is 19.6 Å². The molecule has 0 aliphatic heterocycles. The fraction of sp³-hybridized carbons (Fsp3) is 0.760. The molecule has 2 nitrogen and oxygen atoms in total. The highest BCUT2D eigenvalue weighted by Gasteiger charge is 2.14. The zero-order chi connectivity index (χ0) is 20.6. The second-order valence-electron chi connectivity index (χ2n) is 8.36. The van der Waals surface area contributed by atoms with Gasteiger partial charge in [-0.05, 0) is 50.0 Å². The van der Waals surface area contributed by atoms with Gasteiger partial charge in [-0.1, -0.05) is 106 Å². The summed E-state index contributed by atoms with van der Waals surface area (Å²) in [6, 6.07) is 6.22. The van der Waals surface area contributed by atoms with Crippen molar-refractivity contribution in [3.63, 3.8) is 0 Å². The third-order valence-electron chi connectivity index (χ3n) is 5.65. The molecular weight excluding hydrogens is 410 g/mol. The number of aliphatic hydroxyl groups excluding tert-OH is 1. The molecule has 1 N–H and O–H groups in total. The summed E-state index contributed by atoms with van der Waals surface area (Å²) < 4.78 is 1.11. The summed E-state index contributed by atoms with van der Waals surface area (Å²) in [4.78, 5) is 2.50. The molecule has 1 rings (SSSR count). The van der Waals surface area contributed by atoms with Gasteiger partial charge < -0.3 is 10.0 Å². The Morgan fingerprint density at radius 3 is 1.82 bits per heavy atom. The number of hydrogen-bond acceptors (Lipinski definition) is 2. The lowest BCUT2D eigenvalue weighted by Crippen LogP contribution is -2.31. The van der Waals surface area contributed by atoms with Gasteiger partial charge in [-0.15, -0.1) is 0 Å². The quantitative estimate of drug-likeness (QED) is 0.243. The molecule has 0 heterocycles. The van der Waals surface area contributed by atoms with Crippen LogP contribution in [0.5, 0.6) is 0 Å². The van der Waals surface area contributed by atoms with Gasteiger partial charge in [0, 0.05) is 11.0 Å². The van der Waals surface area contributed by atoms with Crippen molar-refractivity contribution < 1.29 is 5.11 Å². The van der Waals surface area contributed by atoms with Gasteiger partial charge in [0.1, 0.15) is 0 Å². The molecule has 0 radical (unpaired) electrons. The molecule has 0 amide bonds. The van der Waals surface area contributed by atoms with Crippen molar-refractivity contribution in [2.45, 2.75) is 104 Å². The van der Waals surface area contributed by atoms with Crippen LogP contribution in [0.25, 0.3) is 0 Å². The number of benzene rings is 1. The molecule has 0 aliphatic rings. The zero-order valence-corrected chi connectivity index (χ0v) is 20.3. The Morgan fingerprint density at radius 2 is 1.32 bits per heavy atom. The van der Waals surface area contributed by atoms with Crippen molar-refractivity contribution in [2.24, 2.45) is 0 Å². The van der Waals surface area contributed by atoms with E-state index in [9.17, 15) is 5.11 Å². The predicted octanol–water partition coefficient (Wildman–Crippen LogP) is 7.81. The summed E-state index contributed by atoms with van der Waals surface area (Å²) in [5, 5.41) is 10.8.